The molecule has 1 aromatic carbocycles. The lowest BCUT2D eigenvalue weighted by Gasteiger charge is -2.07. The fourth-order valence-electron chi connectivity index (χ4n) is 2.29. The van der Waals surface area contributed by atoms with Crippen LogP contribution in [0, 0.1) is 0 Å². The molecule has 2 heterocycles. The van der Waals surface area contributed by atoms with Gasteiger partial charge in [0.1, 0.15) is 17.3 Å². The van der Waals surface area contributed by atoms with Crippen molar-refractivity contribution in [1.29, 1.82) is 0 Å². The van der Waals surface area contributed by atoms with Gasteiger partial charge in [0.2, 0.25) is 0 Å². The molecule has 3 aromatic rings. The lowest BCUT2D eigenvalue weighted by molar-refractivity contribution is -0.139. The van der Waals surface area contributed by atoms with Crippen LogP contribution in [0.1, 0.15) is 17.1 Å². The molecule has 0 aliphatic heterocycles. The van der Waals surface area contributed by atoms with Crippen molar-refractivity contribution in [3.05, 3.63) is 71.9 Å². The standard InChI is InChI=1S/C19H14F3N3O4/c20-19(21,22)13-4-1-3-12(9-13)16-7-6-15(29-16)11-24-25-18(27)17(26)23-10-14-5-2-8-28-14/h1-9,11H,10H2,(H,23,26)(H,25,27)/b24-11-. The largest absolute Gasteiger partial charge is 0.467 e. The number of benzene rings is 1. The minimum absolute atomic E-state index is 0.0432. The molecule has 3 rings (SSSR count). The molecule has 10 heteroatoms. The Hall–Kier alpha value is -3.82. The summed E-state index contributed by atoms with van der Waals surface area (Å²) in [5.41, 5.74) is 1.46. The van der Waals surface area contributed by atoms with Crippen molar-refractivity contribution in [2.45, 2.75) is 12.7 Å². The number of rotatable bonds is 5. The maximum Gasteiger partial charge on any atom is 0.416 e. The Bertz CT molecular complexity index is 1020. The van der Waals surface area contributed by atoms with Crippen LogP contribution in [0.4, 0.5) is 13.2 Å². The van der Waals surface area contributed by atoms with Crippen LogP contribution in [0.25, 0.3) is 11.3 Å². The summed E-state index contributed by atoms with van der Waals surface area (Å²) in [5, 5.41) is 5.93. The van der Waals surface area contributed by atoms with Gasteiger partial charge >= 0.3 is 18.0 Å². The number of nitrogens with zero attached hydrogens (tertiary/aromatic N) is 1. The van der Waals surface area contributed by atoms with E-state index < -0.39 is 23.6 Å². The summed E-state index contributed by atoms with van der Waals surface area (Å²) in [6.45, 7) is 0.0432. The third kappa shape index (κ3) is 5.34. The summed E-state index contributed by atoms with van der Waals surface area (Å²) in [6, 6.07) is 10.9. The molecule has 2 N–H and O–H groups in total. The average molecular weight is 405 g/mol. The van der Waals surface area contributed by atoms with E-state index in [-0.39, 0.29) is 23.6 Å². The molecule has 0 aliphatic rings. The van der Waals surface area contributed by atoms with Gasteiger partial charge in [-0.25, -0.2) is 5.43 Å². The van der Waals surface area contributed by atoms with Crippen molar-refractivity contribution in [2.24, 2.45) is 5.10 Å². The first-order chi connectivity index (χ1) is 13.8. The Morgan fingerprint density at radius 1 is 1.07 bits per heavy atom. The normalized spacial score (nSPS) is 11.6. The zero-order chi connectivity index (χ0) is 20.9. The molecule has 0 fully saturated rings. The van der Waals surface area contributed by atoms with Gasteiger partial charge < -0.3 is 14.2 Å². The highest BCUT2D eigenvalue weighted by molar-refractivity contribution is 6.35. The van der Waals surface area contributed by atoms with E-state index in [2.05, 4.69) is 10.4 Å². The van der Waals surface area contributed by atoms with Gasteiger partial charge in [-0.15, -0.1) is 0 Å². The molecule has 0 radical (unpaired) electrons. The summed E-state index contributed by atoms with van der Waals surface area (Å²) in [5.74, 6) is -1.07. The lowest BCUT2D eigenvalue weighted by Crippen LogP contribution is -2.37. The van der Waals surface area contributed by atoms with E-state index in [0.29, 0.717) is 5.76 Å². The Morgan fingerprint density at radius 3 is 2.62 bits per heavy atom. The van der Waals surface area contributed by atoms with E-state index in [1.807, 2.05) is 5.43 Å². The number of carbonyl (C=O) groups excluding carboxylic acids is 2. The SMILES string of the molecule is O=C(NCc1ccco1)C(=O)N/N=C\c1ccc(-c2cccc(C(F)(F)F)c2)o1. The molecule has 0 saturated heterocycles. The van der Waals surface area contributed by atoms with Crippen molar-refractivity contribution >= 4 is 18.0 Å². The summed E-state index contributed by atoms with van der Waals surface area (Å²) in [6.07, 6.45) is -1.91. The maximum absolute atomic E-state index is 12.8. The number of furan rings is 2. The number of nitrogens with one attached hydrogen (secondary N) is 2. The predicted octanol–water partition coefficient (Wildman–Crippen LogP) is 3.32. The second-order valence-corrected chi connectivity index (χ2v) is 5.74. The first-order valence-corrected chi connectivity index (χ1v) is 8.24. The molecule has 29 heavy (non-hydrogen) atoms. The van der Waals surface area contributed by atoms with E-state index in [0.717, 1.165) is 18.3 Å². The second-order valence-electron chi connectivity index (χ2n) is 5.74. The number of amides is 2. The van der Waals surface area contributed by atoms with Gasteiger partial charge in [0.15, 0.2) is 0 Å². The minimum Gasteiger partial charge on any atom is -0.467 e. The number of halogens is 3. The van der Waals surface area contributed by atoms with Crippen LogP contribution in [0.5, 0.6) is 0 Å². The monoisotopic (exact) mass is 405 g/mol. The number of hydrazone groups is 1. The van der Waals surface area contributed by atoms with Crippen LogP contribution < -0.4 is 10.7 Å². The first-order valence-electron chi connectivity index (χ1n) is 8.24. The van der Waals surface area contributed by atoms with Crippen LogP contribution in [0.15, 0.2) is 68.7 Å². The number of hydrogen-bond donors (Lipinski definition) is 2. The van der Waals surface area contributed by atoms with Crippen molar-refractivity contribution in [1.82, 2.24) is 10.7 Å². The summed E-state index contributed by atoms with van der Waals surface area (Å²) < 4.78 is 48.8. The quantitative estimate of drug-likeness (QED) is 0.387. The Kier molecular flexibility index (Phi) is 5.82. The molecular formula is C19H14F3N3O4. The van der Waals surface area contributed by atoms with E-state index >= 15 is 0 Å². The fourth-order valence-corrected chi connectivity index (χ4v) is 2.29. The molecule has 0 unspecified atom stereocenters. The molecule has 0 spiro atoms. The highest BCUT2D eigenvalue weighted by atomic mass is 19.4. The van der Waals surface area contributed by atoms with Gasteiger partial charge in [-0.05, 0) is 36.4 Å². The lowest BCUT2D eigenvalue weighted by atomic mass is 10.1. The van der Waals surface area contributed by atoms with Crippen molar-refractivity contribution < 1.29 is 31.6 Å². The molecule has 7 nitrogen and oxygen atoms in total. The Morgan fingerprint density at radius 2 is 1.90 bits per heavy atom. The highest BCUT2D eigenvalue weighted by Crippen LogP contribution is 2.32. The Balaban J connectivity index is 1.56. The smallest absolute Gasteiger partial charge is 0.416 e. The van der Waals surface area contributed by atoms with Gasteiger partial charge in [0, 0.05) is 5.56 Å². The molecule has 150 valence electrons. The van der Waals surface area contributed by atoms with Gasteiger partial charge in [0.25, 0.3) is 0 Å². The van der Waals surface area contributed by atoms with E-state index in [9.17, 15) is 22.8 Å². The summed E-state index contributed by atoms with van der Waals surface area (Å²) >= 11 is 0. The number of carbonyl (C=O) groups is 2. The van der Waals surface area contributed by atoms with Crippen LogP contribution in [0.2, 0.25) is 0 Å². The second kappa shape index (κ2) is 8.46. The van der Waals surface area contributed by atoms with Gasteiger partial charge in [-0.1, -0.05) is 12.1 Å². The predicted molar refractivity (Wildman–Crippen MR) is 95.4 cm³/mol. The maximum atomic E-state index is 12.8. The highest BCUT2D eigenvalue weighted by Gasteiger charge is 2.30. The molecule has 0 bridgehead atoms. The molecule has 2 amide bonds. The van der Waals surface area contributed by atoms with Crippen molar-refractivity contribution in [3.63, 3.8) is 0 Å². The molecular weight excluding hydrogens is 391 g/mol. The summed E-state index contributed by atoms with van der Waals surface area (Å²) in [4.78, 5) is 23.3. The molecule has 2 aromatic heterocycles. The number of alkyl halides is 3. The van der Waals surface area contributed by atoms with Crippen LogP contribution in [-0.2, 0) is 22.3 Å². The summed E-state index contributed by atoms with van der Waals surface area (Å²) in [7, 11) is 0. The van der Waals surface area contributed by atoms with Crippen molar-refractivity contribution in [2.75, 3.05) is 0 Å². The van der Waals surface area contributed by atoms with Gasteiger partial charge in [-0.2, -0.15) is 18.3 Å². The van der Waals surface area contributed by atoms with Gasteiger partial charge in [0.05, 0.1) is 24.6 Å². The van der Waals surface area contributed by atoms with Crippen molar-refractivity contribution in [3.8, 4) is 11.3 Å². The zero-order valence-electron chi connectivity index (χ0n) is 14.7. The third-order valence-electron chi connectivity index (χ3n) is 3.67. The van der Waals surface area contributed by atoms with Crippen LogP contribution in [-0.4, -0.2) is 18.0 Å². The van der Waals surface area contributed by atoms with Crippen LogP contribution >= 0.6 is 0 Å². The van der Waals surface area contributed by atoms with Gasteiger partial charge in [-0.3, -0.25) is 9.59 Å². The molecule has 0 aliphatic carbocycles. The van der Waals surface area contributed by atoms with E-state index in [1.54, 1.807) is 12.1 Å². The third-order valence-corrected chi connectivity index (χ3v) is 3.67. The fraction of sp³-hybridized carbons (Fsp3) is 0.105. The molecule has 0 atom stereocenters. The first kappa shape index (κ1) is 19.9. The Labute approximate surface area is 162 Å². The minimum atomic E-state index is -4.46. The van der Waals surface area contributed by atoms with E-state index in [1.165, 1.54) is 30.5 Å². The van der Waals surface area contributed by atoms with E-state index in [4.69, 9.17) is 8.83 Å². The zero-order valence-corrected chi connectivity index (χ0v) is 14.7. The average Bonchev–Trinajstić information content (AvgIpc) is 3.37. The molecule has 0 saturated carbocycles. The number of hydrogen-bond acceptors (Lipinski definition) is 5. The van der Waals surface area contributed by atoms with Crippen LogP contribution in [0.3, 0.4) is 0 Å². The topological polar surface area (TPSA) is 96.8 Å².